The predicted molar refractivity (Wildman–Crippen MR) is 108 cm³/mol. The predicted octanol–water partition coefficient (Wildman–Crippen LogP) is 4.83. The van der Waals surface area contributed by atoms with Crippen molar-refractivity contribution in [2.75, 3.05) is 18.4 Å². The molecule has 10 heteroatoms. The first-order chi connectivity index (χ1) is 13.2. The number of nitrogens with zero attached hydrogens (tertiary/aromatic N) is 1. The van der Waals surface area contributed by atoms with Gasteiger partial charge >= 0.3 is 0 Å². The summed E-state index contributed by atoms with van der Waals surface area (Å²) in [5, 5.41) is 2.78. The average Bonchev–Trinajstić information content (AvgIpc) is 2.67. The summed E-state index contributed by atoms with van der Waals surface area (Å²) in [5.41, 5.74) is -0.00161. The highest BCUT2D eigenvalue weighted by Crippen LogP contribution is 2.31. The molecule has 0 radical (unpaired) electrons. The molecule has 3 rings (SSSR count). The van der Waals surface area contributed by atoms with Gasteiger partial charge in [0.05, 0.1) is 15.7 Å². The molecule has 2 aromatic carbocycles. The van der Waals surface area contributed by atoms with Gasteiger partial charge in [-0.2, -0.15) is 4.31 Å². The lowest BCUT2D eigenvalue weighted by Crippen LogP contribution is -2.41. The number of hydrogen-bond acceptors (Lipinski definition) is 3. The van der Waals surface area contributed by atoms with Crippen molar-refractivity contribution in [1.82, 2.24) is 4.31 Å². The number of piperidine rings is 1. The number of nitrogens with one attached hydrogen (secondary N) is 1. The highest BCUT2D eigenvalue weighted by molar-refractivity contribution is 7.89. The van der Waals surface area contributed by atoms with E-state index in [9.17, 15) is 17.6 Å². The largest absolute Gasteiger partial charge is 0.323 e. The van der Waals surface area contributed by atoms with Gasteiger partial charge in [0.2, 0.25) is 15.9 Å². The van der Waals surface area contributed by atoms with E-state index in [0.29, 0.717) is 12.8 Å². The van der Waals surface area contributed by atoms with Crippen molar-refractivity contribution in [2.24, 2.45) is 5.92 Å². The highest BCUT2D eigenvalue weighted by Gasteiger charge is 2.33. The van der Waals surface area contributed by atoms with Gasteiger partial charge in [0.15, 0.2) is 5.82 Å². The Hall–Kier alpha value is -1.38. The third kappa shape index (κ3) is 4.44. The average molecular weight is 466 g/mol. The van der Waals surface area contributed by atoms with Gasteiger partial charge in [0.1, 0.15) is 4.90 Å². The monoisotopic (exact) mass is 464 g/mol. The molecule has 1 N–H and O–H groups in total. The molecule has 1 aliphatic rings. The maximum atomic E-state index is 13.9. The van der Waals surface area contributed by atoms with Crippen LogP contribution in [0.15, 0.2) is 41.3 Å². The number of sulfonamides is 1. The highest BCUT2D eigenvalue weighted by atomic mass is 35.5. The second-order valence-electron chi connectivity index (χ2n) is 6.34. The Kier molecular flexibility index (Phi) is 6.51. The molecule has 0 aliphatic carbocycles. The van der Waals surface area contributed by atoms with Crippen molar-refractivity contribution < 1.29 is 17.6 Å². The lowest BCUT2D eigenvalue weighted by atomic mass is 9.97. The van der Waals surface area contributed by atoms with Crippen molar-refractivity contribution in [1.29, 1.82) is 0 Å². The first-order valence-electron chi connectivity index (χ1n) is 8.40. The minimum atomic E-state index is -3.83. The third-order valence-corrected chi connectivity index (χ3v) is 7.45. The van der Waals surface area contributed by atoms with E-state index < -0.39 is 21.8 Å². The van der Waals surface area contributed by atoms with Crippen LogP contribution in [0.25, 0.3) is 0 Å². The molecular formula is C18H16Cl3FN2O3S. The second kappa shape index (κ2) is 8.55. The van der Waals surface area contributed by atoms with E-state index in [-0.39, 0.29) is 44.6 Å². The minimum absolute atomic E-state index is 0.00161. The molecule has 5 nitrogen and oxygen atoms in total. The lowest BCUT2D eigenvalue weighted by Gasteiger charge is -2.30. The van der Waals surface area contributed by atoms with Crippen LogP contribution in [0.4, 0.5) is 10.1 Å². The second-order valence-corrected chi connectivity index (χ2v) is 9.50. The quantitative estimate of drug-likeness (QED) is 0.703. The summed E-state index contributed by atoms with van der Waals surface area (Å²) in [6, 6.07) is 8.58. The fourth-order valence-electron chi connectivity index (χ4n) is 3.01. The fourth-order valence-corrected chi connectivity index (χ4v) is 5.39. The molecule has 1 aliphatic heterocycles. The molecule has 2 aromatic rings. The SMILES string of the molecule is O=C(Nc1cccc(Cl)c1F)C1CCN(S(=O)(=O)c2cc(Cl)ccc2Cl)CC1. The molecule has 0 bridgehead atoms. The van der Waals surface area contributed by atoms with Gasteiger partial charge in [-0.3, -0.25) is 4.79 Å². The Morgan fingerprint density at radius 2 is 1.75 bits per heavy atom. The van der Waals surface area contributed by atoms with E-state index in [1.807, 2.05) is 0 Å². The Morgan fingerprint density at radius 3 is 2.43 bits per heavy atom. The summed E-state index contributed by atoms with van der Waals surface area (Å²) >= 11 is 17.6. The van der Waals surface area contributed by atoms with Gasteiger partial charge in [-0.15, -0.1) is 0 Å². The zero-order valence-electron chi connectivity index (χ0n) is 14.5. The summed E-state index contributed by atoms with van der Waals surface area (Å²) in [6.45, 7) is 0.280. The molecule has 150 valence electrons. The zero-order valence-corrected chi connectivity index (χ0v) is 17.5. The zero-order chi connectivity index (χ0) is 20.5. The first kappa shape index (κ1) is 21.3. The van der Waals surface area contributed by atoms with Crippen LogP contribution < -0.4 is 5.32 Å². The van der Waals surface area contributed by atoms with Crippen molar-refractivity contribution in [3.63, 3.8) is 0 Å². The summed E-state index contributed by atoms with van der Waals surface area (Å²) in [5.74, 6) is -1.52. The van der Waals surface area contributed by atoms with Crippen molar-refractivity contribution in [2.45, 2.75) is 17.7 Å². The van der Waals surface area contributed by atoms with Crippen LogP contribution in [0.3, 0.4) is 0 Å². The molecule has 1 heterocycles. The summed E-state index contributed by atoms with van der Waals surface area (Å²) in [7, 11) is -3.83. The van der Waals surface area contributed by atoms with Crippen molar-refractivity contribution in [3.05, 3.63) is 57.3 Å². The lowest BCUT2D eigenvalue weighted by molar-refractivity contribution is -0.120. The van der Waals surface area contributed by atoms with E-state index in [1.165, 1.54) is 40.7 Å². The van der Waals surface area contributed by atoms with E-state index >= 15 is 0 Å². The van der Waals surface area contributed by atoms with Crippen LogP contribution in [0.5, 0.6) is 0 Å². The Balaban J connectivity index is 1.67. The summed E-state index contributed by atoms with van der Waals surface area (Å²) in [4.78, 5) is 12.4. The van der Waals surface area contributed by atoms with E-state index in [1.54, 1.807) is 0 Å². The van der Waals surface area contributed by atoms with Crippen LogP contribution in [0.2, 0.25) is 15.1 Å². The van der Waals surface area contributed by atoms with E-state index in [2.05, 4.69) is 5.32 Å². The molecule has 0 spiro atoms. The number of carbonyl (C=O) groups is 1. The number of benzene rings is 2. The topological polar surface area (TPSA) is 66.5 Å². The first-order valence-corrected chi connectivity index (χ1v) is 11.0. The molecular weight excluding hydrogens is 450 g/mol. The molecule has 1 amide bonds. The number of halogens is 4. The van der Waals surface area contributed by atoms with Crippen LogP contribution in [-0.4, -0.2) is 31.7 Å². The van der Waals surface area contributed by atoms with Crippen molar-refractivity contribution >= 4 is 56.4 Å². The van der Waals surface area contributed by atoms with Crippen molar-refractivity contribution in [3.8, 4) is 0 Å². The standard InChI is InChI=1S/C18H16Cl3FN2O3S/c19-12-4-5-13(20)16(10-12)28(26,27)24-8-6-11(7-9-24)18(25)23-15-3-1-2-14(21)17(15)22/h1-5,10-11H,6-9H2,(H,23,25). The maximum absolute atomic E-state index is 13.9. The number of rotatable bonds is 4. The van der Waals surface area contributed by atoms with Gasteiger partial charge in [-0.05, 0) is 43.2 Å². The normalized spacial score (nSPS) is 16.1. The third-order valence-electron chi connectivity index (χ3n) is 4.55. The van der Waals surface area contributed by atoms with Gasteiger partial charge in [-0.25, -0.2) is 12.8 Å². The molecule has 0 saturated carbocycles. The Morgan fingerprint density at radius 1 is 1.07 bits per heavy atom. The van der Waals surface area contributed by atoms with E-state index in [0.717, 1.165) is 0 Å². The molecule has 1 saturated heterocycles. The van der Waals surface area contributed by atoms with Crippen LogP contribution >= 0.6 is 34.8 Å². The molecule has 28 heavy (non-hydrogen) atoms. The van der Waals surface area contributed by atoms with Crippen LogP contribution in [0, 0.1) is 11.7 Å². The smallest absolute Gasteiger partial charge is 0.244 e. The minimum Gasteiger partial charge on any atom is -0.323 e. The number of hydrogen-bond donors (Lipinski definition) is 1. The fraction of sp³-hybridized carbons (Fsp3) is 0.278. The maximum Gasteiger partial charge on any atom is 0.244 e. The molecule has 0 atom stereocenters. The van der Waals surface area contributed by atoms with Crippen LogP contribution in [0.1, 0.15) is 12.8 Å². The number of anilines is 1. The number of amides is 1. The van der Waals surface area contributed by atoms with Gasteiger partial charge in [0.25, 0.3) is 0 Å². The van der Waals surface area contributed by atoms with E-state index in [4.69, 9.17) is 34.8 Å². The number of carbonyl (C=O) groups excluding carboxylic acids is 1. The molecule has 0 aromatic heterocycles. The summed E-state index contributed by atoms with van der Waals surface area (Å²) < 4.78 is 40.9. The van der Waals surface area contributed by atoms with Gasteiger partial charge in [-0.1, -0.05) is 40.9 Å². The molecule has 1 fully saturated rings. The summed E-state index contributed by atoms with van der Waals surface area (Å²) in [6.07, 6.45) is 0.594. The van der Waals surface area contributed by atoms with Gasteiger partial charge in [0, 0.05) is 24.0 Å². The Bertz CT molecular complexity index is 1010. The van der Waals surface area contributed by atoms with Crippen LogP contribution in [-0.2, 0) is 14.8 Å². The van der Waals surface area contributed by atoms with Gasteiger partial charge < -0.3 is 5.32 Å². The Labute approximate surface area is 177 Å². The molecule has 0 unspecified atom stereocenters.